The van der Waals surface area contributed by atoms with Crippen molar-refractivity contribution in [3.63, 3.8) is 0 Å². The van der Waals surface area contributed by atoms with Gasteiger partial charge in [-0.15, -0.1) is 0 Å². The molecule has 0 aliphatic carbocycles. The van der Waals surface area contributed by atoms with Gasteiger partial charge in [-0.25, -0.2) is 4.79 Å². The van der Waals surface area contributed by atoms with Crippen LogP contribution in [0.1, 0.15) is 41.3 Å². The van der Waals surface area contributed by atoms with Gasteiger partial charge < -0.3 is 19.5 Å². The van der Waals surface area contributed by atoms with E-state index in [0.717, 1.165) is 25.8 Å². The van der Waals surface area contributed by atoms with Gasteiger partial charge in [-0.3, -0.25) is 4.79 Å². The van der Waals surface area contributed by atoms with Crippen molar-refractivity contribution in [2.75, 3.05) is 19.8 Å². The first-order valence-electron chi connectivity index (χ1n) is 9.96. The van der Waals surface area contributed by atoms with Crippen LogP contribution in [-0.4, -0.2) is 47.7 Å². The van der Waals surface area contributed by atoms with Crippen molar-refractivity contribution in [2.24, 2.45) is 0 Å². The Morgan fingerprint density at radius 1 is 1.10 bits per heavy atom. The average Bonchev–Trinajstić information content (AvgIpc) is 3.16. The SMILES string of the molecule is CCOc1cc(C(=O)N2CCCC2Cc2ccc(C)cc2)ccc1OCC(=O)O. The summed E-state index contributed by atoms with van der Waals surface area (Å²) in [6.45, 7) is 4.55. The predicted molar refractivity (Wildman–Crippen MR) is 110 cm³/mol. The maximum absolute atomic E-state index is 13.2. The molecule has 0 spiro atoms. The monoisotopic (exact) mass is 397 g/mol. The summed E-state index contributed by atoms with van der Waals surface area (Å²) < 4.78 is 10.8. The van der Waals surface area contributed by atoms with Crippen molar-refractivity contribution >= 4 is 11.9 Å². The zero-order valence-electron chi connectivity index (χ0n) is 16.9. The number of benzene rings is 2. The first-order valence-corrected chi connectivity index (χ1v) is 9.96. The van der Waals surface area contributed by atoms with E-state index in [4.69, 9.17) is 14.6 Å². The van der Waals surface area contributed by atoms with Gasteiger partial charge in [-0.1, -0.05) is 29.8 Å². The number of ether oxygens (including phenoxy) is 2. The molecule has 1 aliphatic heterocycles. The van der Waals surface area contributed by atoms with Crippen LogP contribution in [0, 0.1) is 6.92 Å². The van der Waals surface area contributed by atoms with Crippen LogP contribution in [0.2, 0.25) is 0 Å². The van der Waals surface area contributed by atoms with E-state index in [2.05, 4.69) is 31.2 Å². The average molecular weight is 397 g/mol. The Balaban J connectivity index is 1.76. The van der Waals surface area contributed by atoms with Crippen molar-refractivity contribution in [2.45, 2.75) is 39.2 Å². The smallest absolute Gasteiger partial charge is 0.341 e. The Labute approximate surface area is 171 Å². The number of carbonyl (C=O) groups is 2. The van der Waals surface area contributed by atoms with E-state index < -0.39 is 12.6 Å². The number of aliphatic carboxylic acids is 1. The minimum absolute atomic E-state index is 0.0367. The first kappa shape index (κ1) is 20.7. The van der Waals surface area contributed by atoms with Crippen molar-refractivity contribution in [1.29, 1.82) is 0 Å². The molecule has 29 heavy (non-hydrogen) atoms. The number of aryl methyl sites for hydroxylation is 1. The minimum atomic E-state index is -1.07. The Morgan fingerprint density at radius 3 is 2.55 bits per heavy atom. The third kappa shape index (κ3) is 5.28. The molecule has 2 aromatic carbocycles. The normalized spacial score (nSPS) is 15.9. The van der Waals surface area contributed by atoms with Gasteiger partial charge in [0.15, 0.2) is 18.1 Å². The molecule has 2 aromatic rings. The maximum Gasteiger partial charge on any atom is 0.341 e. The molecule has 1 atom stereocenters. The molecule has 154 valence electrons. The molecule has 1 amide bonds. The van der Waals surface area contributed by atoms with Crippen LogP contribution in [0.4, 0.5) is 0 Å². The van der Waals surface area contributed by atoms with Gasteiger partial charge in [-0.05, 0) is 56.9 Å². The molecule has 1 aliphatic rings. The van der Waals surface area contributed by atoms with Gasteiger partial charge in [0.25, 0.3) is 5.91 Å². The molecule has 6 heteroatoms. The van der Waals surface area contributed by atoms with Crippen LogP contribution in [0.25, 0.3) is 0 Å². The van der Waals surface area contributed by atoms with E-state index in [0.29, 0.717) is 23.7 Å². The molecule has 1 unspecified atom stereocenters. The van der Waals surface area contributed by atoms with Crippen LogP contribution >= 0.6 is 0 Å². The molecule has 0 radical (unpaired) electrons. The highest BCUT2D eigenvalue weighted by Crippen LogP contribution is 2.31. The summed E-state index contributed by atoms with van der Waals surface area (Å²) in [5.74, 6) is -0.397. The summed E-state index contributed by atoms with van der Waals surface area (Å²) in [4.78, 5) is 25.9. The summed E-state index contributed by atoms with van der Waals surface area (Å²) in [5.41, 5.74) is 2.97. The zero-order valence-corrected chi connectivity index (χ0v) is 16.9. The number of carboxylic acids is 1. The summed E-state index contributed by atoms with van der Waals surface area (Å²) >= 11 is 0. The quantitative estimate of drug-likeness (QED) is 0.735. The second-order valence-electron chi connectivity index (χ2n) is 7.26. The van der Waals surface area contributed by atoms with Crippen molar-refractivity contribution in [1.82, 2.24) is 4.90 Å². The summed E-state index contributed by atoms with van der Waals surface area (Å²) in [5, 5.41) is 8.82. The van der Waals surface area contributed by atoms with Crippen LogP contribution in [0.3, 0.4) is 0 Å². The lowest BCUT2D eigenvalue weighted by Crippen LogP contribution is -2.36. The number of carbonyl (C=O) groups excluding carboxylic acids is 1. The minimum Gasteiger partial charge on any atom is -0.490 e. The first-order chi connectivity index (χ1) is 14.0. The third-order valence-corrected chi connectivity index (χ3v) is 5.07. The lowest BCUT2D eigenvalue weighted by molar-refractivity contribution is -0.139. The van der Waals surface area contributed by atoms with E-state index >= 15 is 0 Å². The van der Waals surface area contributed by atoms with Gasteiger partial charge in [0.1, 0.15) is 0 Å². The fraction of sp³-hybridized carbons (Fsp3) is 0.391. The Bertz CT molecular complexity index is 862. The van der Waals surface area contributed by atoms with E-state index in [9.17, 15) is 9.59 Å². The number of hydrogen-bond acceptors (Lipinski definition) is 4. The fourth-order valence-corrected chi connectivity index (χ4v) is 3.65. The summed E-state index contributed by atoms with van der Waals surface area (Å²) in [6.07, 6.45) is 2.81. The Kier molecular flexibility index (Phi) is 6.75. The second-order valence-corrected chi connectivity index (χ2v) is 7.26. The molecular formula is C23H27NO5. The number of likely N-dealkylation sites (tertiary alicyclic amines) is 1. The molecule has 3 rings (SSSR count). The highest BCUT2D eigenvalue weighted by molar-refractivity contribution is 5.95. The van der Waals surface area contributed by atoms with Gasteiger partial charge in [0.2, 0.25) is 0 Å². The van der Waals surface area contributed by atoms with Crippen LogP contribution in [-0.2, 0) is 11.2 Å². The number of amides is 1. The molecule has 6 nitrogen and oxygen atoms in total. The molecule has 0 saturated carbocycles. The van der Waals surface area contributed by atoms with Gasteiger partial charge in [0, 0.05) is 18.2 Å². The van der Waals surface area contributed by atoms with Crippen LogP contribution < -0.4 is 9.47 Å². The second kappa shape index (κ2) is 9.45. The Hall–Kier alpha value is -3.02. The molecule has 1 saturated heterocycles. The van der Waals surface area contributed by atoms with Crippen molar-refractivity contribution in [3.8, 4) is 11.5 Å². The highest BCUT2D eigenvalue weighted by atomic mass is 16.5. The zero-order chi connectivity index (χ0) is 20.8. The number of carboxylic acid groups (broad SMARTS) is 1. The molecule has 1 heterocycles. The van der Waals surface area contributed by atoms with E-state index in [1.807, 2.05) is 11.8 Å². The number of rotatable bonds is 8. The number of nitrogens with zero attached hydrogens (tertiary/aromatic N) is 1. The largest absolute Gasteiger partial charge is 0.490 e. The highest BCUT2D eigenvalue weighted by Gasteiger charge is 2.30. The lowest BCUT2D eigenvalue weighted by atomic mass is 10.0. The molecule has 0 aromatic heterocycles. The standard InChI is InChI=1S/C23H27NO5/c1-3-28-21-14-18(10-11-20(21)29-15-22(25)26)23(27)24-12-4-5-19(24)13-17-8-6-16(2)7-9-17/h6-11,14,19H,3-5,12-13,15H2,1-2H3,(H,25,26). The van der Waals surface area contributed by atoms with E-state index in [1.54, 1.807) is 18.2 Å². The maximum atomic E-state index is 13.2. The topological polar surface area (TPSA) is 76.1 Å². The molecule has 0 bridgehead atoms. The number of hydrogen-bond donors (Lipinski definition) is 1. The fourth-order valence-electron chi connectivity index (χ4n) is 3.65. The summed E-state index contributed by atoms with van der Waals surface area (Å²) in [7, 11) is 0. The van der Waals surface area contributed by atoms with E-state index in [1.165, 1.54) is 11.1 Å². The predicted octanol–water partition coefficient (Wildman–Crippen LogP) is 3.70. The third-order valence-electron chi connectivity index (χ3n) is 5.07. The van der Waals surface area contributed by atoms with Crippen molar-refractivity contribution < 1.29 is 24.2 Å². The van der Waals surface area contributed by atoms with Gasteiger partial charge >= 0.3 is 5.97 Å². The van der Waals surface area contributed by atoms with Crippen LogP contribution in [0.15, 0.2) is 42.5 Å². The van der Waals surface area contributed by atoms with Gasteiger partial charge in [0.05, 0.1) is 6.61 Å². The molecule has 1 fully saturated rings. The molecular weight excluding hydrogens is 370 g/mol. The Morgan fingerprint density at radius 2 is 1.86 bits per heavy atom. The molecule has 1 N–H and O–H groups in total. The van der Waals surface area contributed by atoms with Gasteiger partial charge in [-0.2, -0.15) is 0 Å². The van der Waals surface area contributed by atoms with E-state index in [-0.39, 0.29) is 11.9 Å². The lowest BCUT2D eigenvalue weighted by Gasteiger charge is -2.25. The van der Waals surface area contributed by atoms with Crippen molar-refractivity contribution in [3.05, 3.63) is 59.2 Å². The summed E-state index contributed by atoms with van der Waals surface area (Å²) in [6, 6.07) is 13.5. The van der Waals surface area contributed by atoms with Crippen LogP contribution in [0.5, 0.6) is 11.5 Å².